The third-order valence-electron chi connectivity index (χ3n) is 0. The summed E-state index contributed by atoms with van der Waals surface area (Å²) < 4.78 is 0. The standard InChI is InChI=1S/4CHO2.Al.Zr/c4*2-1-3;;/h4*(H,2,3);;/q4*-1;;+4. The summed E-state index contributed by atoms with van der Waals surface area (Å²) in [4.78, 5) is 32.9. The van der Waals surface area contributed by atoms with Crippen LogP contribution in [0.3, 0.4) is 0 Å². The van der Waals surface area contributed by atoms with Crippen molar-refractivity contribution in [3.8, 4) is 0 Å². The van der Waals surface area contributed by atoms with Crippen LogP contribution in [0.2, 0.25) is 0 Å². The molecule has 0 spiro atoms. The van der Waals surface area contributed by atoms with Crippen molar-refractivity contribution in [2.45, 2.75) is 0 Å². The van der Waals surface area contributed by atoms with Crippen molar-refractivity contribution in [3.63, 3.8) is 0 Å². The zero-order chi connectivity index (χ0) is 10.8. The van der Waals surface area contributed by atoms with Crippen molar-refractivity contribution in [1.82, 2.24) is 0 Å². The fourth-order valence-electron chi connectivity index (χ4n) is 0. The first-order valence-electron chi connectivity index (χ1n) is 1.71. The monoisotopic (exact) mass is 297 g/mol. The van der Waals surface area contributed by atoms with E-state index in [1.54, 1.807) is 0 Å². The maximum atomic E-state index is 8.24. The van der Waals surface area contributed by atoms with Gasteiger partial charge in [0.15, 0.2) is 0 Å². The summed E-state index contributed by atoms with van der Waals surface area (Å²) in [6.07, 6.45) is 0. The molecule has 0 heterocycles. The predicted octanol–water partition coefficient (Wildman–Crippen LogP) is -1.94. The first-order valence-corrected chi connectivity index (χ1v) is 1.71. The minimum atomic E-state index is 0. The van der Waals surface area contributed by atoms with Gasteiger partial charge in [-0.1, -0.05) is 25.9 Å². The molecule has 0 aromatic heterocycles. The summed E-state index contributed by atoms with van der Waals surface area (Å²) in [5.74, 6) is 0. The third kappa shape index (κ3) is 2410. The van der Waals surface area contributed by atoms with Gasteiger partial charge in [0.05, 0.1) is 0 Å². The molecule has 0 aliphatic heterocycles. The van der Waals surface area contributed by atoms with Crippen LogP contribution in [-0.4, -0.2) is 63.7 Å². The largest absolute Gasteiger partial charge is 4.00 e. The summed E-state index contributed by atoms with van der Waals surface area (Å²) in [7, 11) is 0. The van der Waals surface area contributed by atoms with Gasteiger partial charge in [0.25, 0.3) is 0 Å². The number of rotatable bonds is 0. The van der Waals surface area contributed by atoms with Crippen molar-refractivity contribution in [3.05, 3.63) is 0 Å². The Hall–Kier alpha value is -0.704. The molecular formula is C4H4AlO8Zr. The van der Waals surface area contributed by atoms with E-state index in [1.807, 2.05) is 0 Å². The Balaban J connectivity index is -0.0000000145. The molecule has 0 saturated heterocycles. The Morgan fingerprint density at radius 1 is 0.571 bits per heavy atom. The first kappa shape index (κ1) is 37.8. The molecule has 3 radical (unpaired) electrons. The van der Waals surface area contributed by atoms with Crippen LogP contribution in [0.4, 0.5) is 0 Å². The van der Waals surface area contributed by atoms with E-state index in [0.29, 0.717) is 25.9 Å². The van der Waals surface area contributed by atoms with E-state index < -0.39 is 0 Å². The average Bonchev–Trinajstić information content (AvgIpc) is 1.92. The molecule has 0 fully saturated rings. The predicted molar refractivity (Wildman–Crippen MR) is 39.0 cm³/mol. The molecule has 0 aromatic rings. The topological polar surface area (TPSA) is 149 Å². The summed E-state index contributed by atoms with van der Waals surface area (Å²) in [5, 5.41) is 27.1. The van der Waals surface area contributed by atoms with Crippen LogP contribution in [0.1, 0.15) is 0 Å². The Bertz CT molecular complexity index is 75.3. The molecule has 0 unspecified atom stereocenters. The maximum absolute atomic E-state index is 8.24. The molecule has 0 amide bonds. The molecule has 4 N–H and O–H groups in total. The molecule has 0 aliphatic carbocycles. The van der Waals surface area contributed by atoms with E-state index in [4.69, 9.17) is 39.6 Å². The van der Waals surface area contributed by atoms with Crippen LogP contribution in [0.25, 0.3) is 0 Å². The number of hydrogen-bond acceptors (Lipinski definition) is 4. The van der Waals surface area contributed by atoms with Crippen molar-refractivity contribution < 1.29 is 65.8 Å². The number of aliphatic hydroxyl groups excluding tert-OH is 4. The minimum Gasteiger partial charge on any atom is -0.665 e. The molecule has 14 heavy (non-hydrogen) atoms. The fraction of sp³-hybridized carbons (Fsp3) is 0. The summed E-state index contributed by atoms with van der Waals surface area (Å²) in [6.45, 7) is 2.00. The molecule has 0 atom stereocenters. The summed E-state index contributed by atoms with van der Waals surface area (Å²) >= 11 is 0. The van der Waals surface area contributed by atoms with Crippen LogP contribution in [0.5, 0.6) is 0 Å². The zero-order valence-electron chi connectivity index (χ0n) is 6.50. The van der Waals surface area contributed by atoms with Gasteiger partial charge in [0.1, 0.15) is 0 Å². The third-order valence-corrected chi connectivity index (χ3v) is 0. The van der Waals surface area contributed by atoms with Gasteiger partial charge in [-0.15, -0.1) is 0 Å². The fourth-order valence-corrected chi connectivity index (χ4v) is 0. The van der Waals surface area contributed by atoms with E-state index in [9.17, 15) is 0 Å². The average molecular weight is 298 g/mol. The van der Waals surface area contributed by atoms with Crippen LogP contribution in [0.15, 0.2) is 0 Å². The van der Waals surface area contributed by atoms with E-state index in [2.05, 4.69) is 0 Å². The molecule has 0 aliphatic rings. The normalized spacial score (nSPS) is 3.43. The molecular weight excluding hydrogens is 294 g/mol. The molecule has 0 bridgehead atoms. The van der Waals surface area contributed by atoms with E-state index in [1.165, 1.54) is 0 Å². The van der Waals surface area contributed by atoms with Crippen molar-refractivity contribution in [2.24, 2.45) is 0 Å². The van der Waals surface area contributed by atoms with Gasteiger partial charge >= 0.3 is 26.2 Å². The minimum absolute atomic E-state index is 0. The molecule has 8 nitrogen and oxygen atoms in total. The van der Waals surface area contributed by atoms with E-state index in [-0.39, 0.29) is 43.6 Å². The first-order chi connectivity index (χ1) is 5.66. The Labute approximate surface area is 109 Å². The van der Waals surface area contributed by atoms with Crippen molar-refractivity contribution in [1.29, 1.82) is 0 Å². The van der Waals surface area contributed by atoms with Crippen molar-refractivity contribution >= 4 is 43.2 Å². The quantitative estimate of drug-likeness (QED) is 0.298. The summed E-state index contributed by atoms with van der Waals surface area (Å²) in [5.41, 5.74) is 0. The second-order valence-electron chi connectivity index (χ2n) is 0.365. The Morgan fingerprint density at radius 2 is 0.571 bits per heavy atom. The van der Waals surface area contributed by atoms with Gasteiger partial charge in [-0.3, -0.25) is 0 Å². The SMILES string of the molecule is O=[C-]O.O=[C-]O.O=[C-]O.O=[C-]O.[Al].[Zr+4]. The van der Waals surface area contributed by atoms with Gasteiger partial charge in [-0.2, -0.15) is 0 Å². The van der Waals surface area contributed by atoms with Crippen LogP contribution in [0, 0.1) is 0 Å². The zero-order valence-corrected chi connectivity index (χ0v) is 10.1. The van der Waals surface area contributed by atoms with Crippen LogP contribution < -0.4 is 0 Å². The smallest absolute Gasteiger partial charge is 0.665 e. The van der Waals surface area contributed by atoms with E-state index >= 15 is 0 Å². The van der Waals surface area contributed by atoms with Gasteiger partial charge in [0, 0.05) is 17.4 Å². The van der Waals surface area contributed by atoms with Gasteiger partial charge in [-0.05, 0) is 0 Å². The second-order valence-corrected chi connectivity index (χ2v) is 0.365. The molecule has 0 aromatic carbocycles. The van der Waals surface area contributed by atoms with Gasteiger partial charge < -0.3 is 39.6 Å². The molecule has 10 heteroatoms. The molecule has 0 saturated carbocycles. The molecule has 75 valence electrons. The van der Waals surface area contributed by atoms with Gasteiger partial charge in [-0.25, -0.2) is 0 Å². The maximum Gasteiger partial charge on any atom is 4.00 e. The van der Waals surface area contributed by atoms with Crippen LogP contribution >= 0.6 is 0 Å². The second kappa shape index (κ2) is 144. The van der Waals surface area contributed by atoms with E-state index in [0.717, 1.165) is 0 Å². The van der Waals surface area contributed by atoms with Crippen LogP contribution in [-0.2, 0) is 45.4 Å². The Morgan fingerprint density at radius 3 is 0.571 bits per heavy atom. The number of hydrogen-bond donors (Lipinski definition) is 4. The Kier molecular flexibility index (Phi) is 390. The summed E-state index contributed by atoms with van der Waals surface area (Å²) in [6, 6.07) is 0. The van der Waals surface area contributed by atoms with Crippen molar-refractivity contribution in [2.75, 3.05) is 0 Å². The van der Waals surface area contributed by atoms with Gasteiger partial charge in [0.2, 0.25) is 0 Å². The molecule has 0 rings (SSSR count).